The molecule has 1 unspecified atom stereocenters. The highest BCUT2D eigenvalue weighted by Gasteiger charge is 2.32. The number of nitrogens with zero attached hydrogens (tertiary/aromatic N) is 3. The summed E-state index contributed by atoms with van der Waals surface area (Å²) < 4.78 is 21.6. The summed E-state index contributed by atoms with van der Waals surface area (Å²) in [5.41, 5.74) is 5.27. The van der Waals surface area contributed by atoms with Gasteiger partial charge in [-0.15, -0.1) is 0 Å². The number of hydrogen-bond donors (Lipinski definition) is 2. The molecule has 1 saturated carbocycles. The van der Waals surface area contributed by atoms with Gasteiger partial charge in [-0.25, -0.2) is 9.37 Å². The molecule has 1 atom stereocenters. The molecule has 3 aromatic rings. The third kappa shape index (κ3) is 2.05. The molecule has 1 aliphatic heterocycles. The number of nitrogens with two attached hydrogens (primary N) is 1. The number of hydrogen-bond acceptors (Lipinski definition) is 6. The van der Waals surface area contributed by atoms with Crippen LogP contribution in [-0.2, 0) is 0 Å². The van der Waals surface area contributed by atoms with Crippen LogP contribution in [0.3, 0.4) is 0 Å². The van der Waals surface area contributed by atoms with E-state index in [-0.39, 0.29) is 34.4 Å². The van der Waals surface area contributed by atoms with Crippen molar-refractivity contribution in [2.24, 2.45) is 5.73 Å². The van der Waals surface area contributed by atoms with E-state index in [2.05, 4.69) is 10.1 Å². The van der Waals surface area contributed by atoms with Crippen molar-refractivity contribution in [1.29, 1.82) is 0 Å². The van der Waals surface area contributed by atoms with Crippen molar-refractivity contribution in [2.45, 2.75) is 31.3 Å². The van der Waals surface area contributed by atoms with E-state index in [1.165, 1.54) is 6.07 Å². The fourth-order valence-electron chi connectivity index (χ4n) is 3.59. The van der Waals surface area contributed by atoms with E-state index in [4.69, 9.17) is 10.3 Å². The quantitative estimate of drug-likeness (QED) is 0.712. The van der Waals surface area contributed by atoms with E-state index in [0.717, 1.165) is 19.3 Å². The van der Waals surface area contributed by atoms with Crippen LogP contribution in [0.5, 0.6) is 0 Å². The van der Waals surface area contributed by atoms with Crippen molar-refractivity contribution in [3.05, 3.63) is 32.5 Å². The highest BCUT2D eigenvalue weighted by atomic mass is 19.1. The number of anilines is 1. The Labute approximate surface area is 140 Å². The maximum absolute atomic E-state index is 14.7. The minimum absolute atomic E-state index is 0.0207. The predicted molar refractivity (Wildman–Crippen MR) is 89.4 cm³/mol. The summed E-state index contributed by atoms with van der Waals surface area (Å²) in [4.78, 5) is 30.9. The molecule has 8 nitrogen and oxygen atoms in total. The average molecular weight is 345 g/mol. The Morgan fingerprint density at radius 3 is 2.80 bits per heavy atom. The van der Waals surface area contributed by atoms with Crippen molar-refractivity contribution in [3.8, 4) is 0 Å². The number of aromatic amines is 1. The highest BCUT2D eigenvalue weighted by Crippen LogP contribution is 2.39. The SMILES string of the molecule is NC1CCN(c2nc3c(cc2F)c(=O)c2c(=O)[nH]oc2n3C2CC2)C1. The van der Waals surface area contributed by atoms with Gasteiger partial charge in [0.1, 0.15) is 5.65 Å². The molecular formula is C16H16FN5O3. The molecule has 5 rings (SSSR count). The molecule has 25 heavy (non-hydrogen) atoms. The molecule has 9 heteroatoms. The van der Waals surface area contributed by atoms with Gasteiger partial charge >= 0.3 is 0 Å². The maximum atomic E-state index is 14.7. The number of H-pyrrole nitrogens is 1. The number of nitrogens with one attached hydrogen (secondary N) is 1. The Hall–Kier alpha value is -2.68. The third-order valence-electron chi connectivity index (χ3n) is 4.97. The summed E-state index contributed by atoms with van der Waals surface area (Å²) >= 11 is 0. The monoisotopic (exact) mass is 345 g/mol. The number of fused-ring (bicyclic) bond motifs is 2. The van der Waals surface area contributed by atoms with Crippen LogP contribution in [-0.4, -0.2) is 33.8 Å². The third-order valence-corrected chi connectivity index (χ3v) is 4.97. The van der Waals surface area contributed by atoms with Crippen LogP contribution in [0.2, 0.25) is 0 Å². The molecule has 0 amide bonds. The Morgan fingerprint density at radius 2 is 2.12 bits per heavy atom. The van der Waals surface area contributed by atoms with Crippen molar-refractivity contribution in [1.82, 2.24) is 14.7 Å². The lowest BCUT2D eigenvalue weighted by molar-refractivity contribution is 0.428. The zero-order chi connectivity index (χ0) is 17.3. The lowest BCUT2D eigenvalue weighted by Crippen LogP contribution is -2.28. The number of aromatic nitrogens is 3. The molecule has 2 fully saturated rings. The normalized spacial score (nSPS) is 20.9. The van der Waals surface area contributed by atoms with Crippen LogP contribution in [0, 0.1) is 5.82 Å². The van der Waals surface area contributed by atoms with Gasteiger partial charge in [0.15, 0.2) is 17.0 Å². The number of halogens is 1. The first-order valence-electron chi connectivity index (χ1n) is 8.31. The molecule has 4 heterocycles. The first kappa shape index (κ1) is 14.6. The molecule has 1 aliphatic carbocycles. The molecule has 2 aliphatic rings. The zero-order valence-corrected chi connectivity index (χ0v) is 13.3. The van der Waals surface area contributed by atoms with Crippen LogP contribution < -0.4 is 21.6 Å². The molecule has 0 radical (unpaired) electrons. The average Bonchev–Trinajstić information content (AvgIpc) is 3.21. The van der Waals surface area contributed by atoms with Gasteiger partial charge in [0.2, 0.25) is 11.1 Å². The minimum Gasteiger partial charge on any atom is -0.360 e. The lowest BCUT2D eigenvalue weighted by Gasteiger charge is -2.19. The van der Waals surface area contributed by atoms with Gasteiger partial charge in [-0.1, -0.05) is 0 Å². The van der Waals surface area contributed by atoms with Crippen molar-refractivity contribution in [3.63, 3.8) is 0 Å². The van der Waals surface area contributed by atoms with E-state index in [1.807, 2.05) is 0 Å². The summed E-state index contributed by atoms with van der Waals surface area (Å²) in [6, 6.07) is 1.25. The Morgan fingerprint density at radius 1 is 1.32 bits per heavy atom. The van der Waals surface area contributed by atoms with E-state index < -0.39 is 16.8 Å². The topological polar surface area (TPSA) is 110 Å². The standard InChI is InChI=1S/C16H16FN5O3/c17-10-5-9-12(23)11-15(24)20-25-16(11)22(8-1-2-8)13(9)19-14(10)21-4-3-7(18)6-21/h5,7-8H,1-4,6,18H2,(H,20,24). The molecule has 1 saturated heterocycles. The van der Waals surface area contributed by atoms with Gasteiger partial charge in [-0.2, -0.15) is 5.16 Å². The van der Waals surface area contributed by atoms with Gasteiger partial charge in [-0.3, -0.25) is 14.2 Å². The minimum atomic E-state index is -0.605. The summed E-state index contributed by atoms with van der Waals surface area (Å²) in [5, 5.41) is 2.21. The lowest BCUT2D eigenvalue weighted by atomic mass is 10.2. The predicted octanol–water partition coefficient (Wildman–Crippen LogP) is 0.842. The molecular weight excluding hydrogens is 329 g/mol. The van der Waals surface area contributed by atoms with Gasteiger partial charge in [0, 0.05) is 25.2 Å². The molecule has 0 spiro atoms. The molecule has 0 aromatic carbocycles. The first-order chi connectivity index (χ1) is 12.0. The van der Waals surface area contributed by atoms with Crippen molar-refractivity contribution in [2.75, 3.05) is 18.0 Å². The van der Waals surface area contributed by atoms with E-state index in [1.54, 1.807) is 9.47 Å². The van der Waals surface area contributed by atoms with Crippen LogP contribution in [0.25, 0.3) is 22.1 Å². The Bertz CT molecular complexity index is 1130. The summed E-state index contributed by atoms with van der Waals surface area (Å²) in [7, 11) is 0. The van der Waals surface area contributed by atoms with Crippen LogP contribution in [0.1, 0.15) is 25.3 Å². The molecule has 3 aromatic heterocycles. The van der Waals surface area contributed by atoms with E-state index in [9.17, 15) is 14.0 Å². The van der Waals surface area contributed by atoms with Crippen LogP contribution >= 0.6 is 0 Å². The van der Waals surface area contributed by atoms with Crippen molar-refractivity contribution >= 4 is 28.0 Å². The number of pyridine rings is 2. The molecule has 130 valence electrons. The van der Waals surface area contributed by atoms with Gasteiger partial charge in [-0.05, 0) is 25.3 Å². The van der Waals surface area contributed by atoms with E-state index >= 15 is 0 Å². The van der Waals surface area contributed by atoms with E-state index in [0.29, 0.717) is 18.7 Å². The second-order valence-electron chi connectivity index (χ2n) is 6.80. The second-order valence-corrected chi connectivity index (χ2v) is 6.80. The molecule has 0 bridgehead atoms. The number of rotatable bonds is 2. The van der Waals surface area contributed by atoms with Gasteiger partial charge in [0.25, 0.3) is 5.56 Å². The maximum Gasteiger partial charge on any atom is 0.293 e. The van der Waals surface area contributed by atoms with Gasteiger partial charge in [0.05, 0.1) is 5.39 Å². The Balaban J connectivity index is 1.86. The highest BCUT2D eigenvalue weighted by molar-refractivity contribution is 5.90. The summed E-state index contributed by atoms with van der Waals surface area (Å²) in [5.74, 6) is -0.396. The second kappa shape index (κ2) is 4.92. The van der Waals surface area contributed by atoms with Crippen molar-refractivity contribution < 1.29 is 8.91 Å². The van der Waals surface area contributed by atoms with Crippen LogP contribution in [0.4, 0.5) is 10.2 Å². The first-order valence-corrected chi connectivity index (χ1v) is 8.31. The molecule has 3 N–H and O–H groups in total. The fraction of sp³-hybridized carbons (Fsp3) is 0.438. The fourth-order valence-corrected chi connectivity index (χ4v) is 3.59. The Kier molecular flexibility index (Phi) is 2.88. The summed E-state index contributed by atoms with van der Waals surface area (Å²) in [6.45, 7) is 1.14. The largest absolute Gasteiger partial charge is 0.360 e. The summed E-state index contributed by atoms with van der Waals surface area (Å²) in [6.07, 6.45) is 2.55. The van der Waals surface area contributed by atoms with Crippen LogP contribution in [0.15, 0.2) is 20.2 Å². The van der Waals surface area contributed by atoms with Gasteiger partial charge < -0.3 is 15.2 Å². The smallest absolute Gasteiger partial charge is 0.293 e. The zero-order valence-electron chi connectivity index (χ0n) is 13.3.